The lowest BCUT2D eigenvalue weighted by atomic mass is 10.2. The number of allylic oxidation sites excluding steroid dienone is 1. The second-order valence-corrected chi connectivity index (χ2v) is 11.2. The van der Waals surface area contributed by atoms with Crippen LogP contribution in [0.3, 0.4) is 0 Å². The fourth-order valence-corrected chi connectivity index (χ4v) is 2.94. The number of hydrogen-bond acceptors (Lipinski definition) is 2. The number of carbonyl (C=O) groups is 1. The lowest BCUT2D eigenvalue weighted by Gasteiger charge is -2.19. The highest BCUT2D eigenvalue weighted by molar-refractivity contribution is 6.77. The predicted molar refractivity (Wildman–Crippen MR) is 72.4 cm³/mol. The van der Waals surface area contributed by atoms with Crippen molar-refractivity contribution in [1.82, 2.24) is 0 Å². The van der Waals surface area contributed by atoms with Crippen molar-refractivity contribution in [2.45, 2.75) is 59.3 Å². The molecule has 0 saturated heterocycles. The topological polar surface area (TPSA) is 26.3 Å². The molecule has 0 unspecified atom stereocenters. The van der Waals surface area contributed by atoms with Gasteiger partial charge in [-0.25, -0.2) is 4.79 Å². The standard InChI is InChI=1S/C13H26O2Si/c1-7-8-9-15-13(14)12(11(2)3)10-16(4,5)6/h7-10H2,1-6H3. The molecule has 0 aromatic heterocycles. The summed E-state index contributed by atoms with van der Waals surface area (Å²) in [5.74, 6) is -0.101. The minimum Gasteiger partial charge on any atom is -0.462 e. The summed E-state index contributed by atoms with van der Waals surface area (Å²) >= 11 is 0. The number of rotatable bonds is 6. The monoisotopic (exact) mass is 242 g/mol. The molecular formula is C13H26O2Si. The van der Waals surface area contributed by atoms with Gasteiger partial charge < -0.3 is 4.74 Å². The van der Waals surface area contributed by atoms with Crippen LogP contribution in [-0.2, 0) is 9.53 Å². The third-order valence-electron chi connectivity index (χ3n) is 2.29. The Labute approximate surface area is 101 Å². The van der Waals surface area contributed by atoms with Crippen LogP contribution in [0.15, 0.2) is 11.1 Å². The van der Waals surface area contributed by atoms with Crippen LogP contribution < -0.4 is 0 Å². The number of carbonyl (C=O) groups excluding carboxylic acids is 1. The van der Waals surface area contributed by atoms with E-state index in [2.05, 4.69) is 26.6 Å². The average Bonchev–Trinajstić information content (AvgIpc) is 2.12. The van der Waals surface area contributed by atoms with Crippen molar-refractivity contribution in [1.29, 1.82) is 0 Å². The molecule has 16 heavy (non-hydrogen) atoms. The Bertz CT molecular complexity index is 258. The average molecular weight is 242 g/mol. The molecule has 0 aliphatic rings. The van der Waals surface area contributed by atoms with E-state index in [4.69, 9.17) is 4.74 Å². The molecule has 0 bridgehead atoms. The summed E-state index contributed by atoms with van der Waals surface area (Å²) in [5.41, 5.74) is 2.00. The van der Waals surface area contributed by atoms with E-state index in [1.165, 1.54) is 0 Å². The highest BCUT2D eigenvalue weighted by Gasteiger charge is 2.21. The van der Waals surface area contributed by atoms with E-state index in [1.54, 1.807) is 0 Å². The van der Waals surface area contributed by atoms with Crippen LogP contribution in [0, 0.1) is 0 Å². The van der Waals surface area contributed by atoms with Gasteiger partial charge in [0.15, 0.2) is 0 Å². The molecule has 0 fully saturated rings. The second kappa shape index (κ2) is 6.89. The fourth-order valence-electron chi connectivity index (χ4n) is 1.38. The molecule has 0 radical (unpaired) electrons. The normalized spacial score (nSPS) is 11.1. The highest BCUT2D eigenvalue weighted by atomic mass is 28.3. The summed E-state index contributed by atoms with van der Waals surface area (Å²) in [4.78, 5) is 11.9. The maximum Gasteiger partial charge on any atom is 0.333 e. The molecule has 2 nitrogen and oxygen atoms in total. The minimum absolute atomic E-state index is 0.101. The molecule has 0 N–H and O–H groups in total. The fraction of sp³-hybridized carbons (Fsp3) is 0.769. The molecule has 0 aromatic carbocycles. The maximum absolute atomic E-state index is 11.9. The number of esters is 1. The van der Waals surface area contributed by atoms with Gasteiger partial charge in [0.05, 0.1) is 6.61 Å². The second-order valence-electron chi connectivity index (χ2n) is 5.71. The molecular weight excluding hydrogens is 216 g/mol. The smallest absolute Gasteiger partial charge is 0.333 e. The number of ether oxygens (including phenoxy) is 1. The first-order valence-electron chi connectivity index (χ1n) is 6.11. The molecule has 0 saturated carbocycles. The van der Waals surface area contributed by atoms with Crippen LogP contribution >= 0.6 is 0 Å². The zero-order valence-corrected chi connectivity index (χ0v) is 12.6. The van der Waals surface area contributed by atoms with Gasteiger partial charge in [0, 0.05) is 13.6 Å². The van der Waals surface area contributed by atoms with Crippen molar-refractivity contribution >= 4 is 14.0 Å². The van der Waals surface area contributed by atoms with Gasteiger partial charge in [0.25, 0.3) is 0 Å². The highest BCUT2D eigenvalue weighted by Crippen LogP contribution is 2.20. The molecule has 0 aliphatic heterocycles. The minimum atomic E-state index is -1.25. The summed E-state index contributed by atoms with van der Waals surface area (Å²) in [6.45, 7) is 13.5. The van der Waals surface area contributed by atoms with E-state index in [-0.39, 0.29) is 5.97 Å². The SMILES string of the molecule is CCCCOC(=O)C(C[Si](C)(C)C)=C(C)C. The van der Waals surface area contributed by atoms with Gasteiger partial charge in [-0.1, -0.05) is 38.6 Å². The van der Waals surface area contributed by atoms with E-state index >= 15 is 0 Å². The third kappa shape index (κ3) is 6.83. The summed E-state index contributed by atoms with van der Waals surface area (Å²) < 4.78 is 5.28. The van der Waals surface area contributed by atoms with Gasteiger partial charge in [-0.2, -0.15) is 0 Å². The Balaban J connectivity index is 4.46. The van der Waals surface area contributed by atoms with Crippen LogP contribution in [0.5, 0.6) is 0 Å². The molecule has 0 aliphatic carbocycles. The Kier molecular flexibility index (Phi) is 6.64. The van der Waals surface area contributed by atoms with Crippen LogP contribution in [-0.4, -0.2) is 20.7 Å². The van der Waals surface area contributed by atoms with Crippen molar-refractivity contribution in [3.8, 4) is 0 Å². The Morgan fingerprint density at radius 3 is 2.12 bits per heavy atom. The largest absolute Gasteiger partial charge is 0.462 e. The van der Waals surface area contributed by atoms with Crippen molar-refractivity contribution in [2.75, 3.05) is 6.61 Å². The molecule has 0 aromatic rings. The third-order valence-corrected chi connectivity index (χ3v) is 3.70. The first kappa shape index (κ1) is 15.4. The first-order chi connectivity index (χ1) is 7.28. The van der Waals surface area contributed by atoms with Crippen molar-refractivity contribution in [3.63, 3.8) is 0 Å². The maximum atomic E-state index is 11.9. The van der Waals surface area contributed by atoms with Crippen molar-refractivity contribution in [3.05, 3.63) is 11.1 Å². The van der Waals surface area contributed by atoms with Gasteiger partial charge in [-0.15, -0.1) is 0 Å². The lowest BCUT2D eigenvalue weighted by molar-refractivity contribution is -0.139. The van der Waals surface area contributed by atoms with Crippen LogP contribution in [0.2, 0.25) is 25.7 Å². The van der Waals surface area contributed by atoms with Gasteiger partial charge in [-0.3, -0.25) is 0 Å². The van der Waals surface area contributed by atoms with Gasteiger partial charge in [-0.05, 0) is 26.3 Å². The molecule has 0 atom stereocenters. The van der Waals surface area contributed by atoms with Crippen LogP contribution in [0.4, 0.5) is 0 Å². The lowest BCUT2D eigenvalue weighted by Crippen LogP contribution is -2.24. The van der Waals surface area contributed by atoms with E-state index in [9.17, 15) is 4.79 Å². The Hall–Kier alpha value is -0.573. The molecule has 0 heterocycles. The first-order valence-corrected chi connectivity index (χ1v) is 9.82. The molecule has 0 spiro atoms. The zero-order chi connectivity index (χ0) is 12.8. The van der Waals surface area contributed by atoms with Gasteiger partial charge in [0.2, 0.25) is 0 Å². The summed E-state index contributed by atoms with van der Waals surface area (Å²) in [6.07, 6.45) is 2.01. The van der Waals surface area contributed by atoms with E-state index < -0.39 is 8.07 Å². The Morgan fingerprint density at radius 1 is 1.19 bits per heavy atom. The van der Waals surface area contributed by atoms with E-state index in [1.807, 2.05) is 13.8 Å². The summed E-state index contributed by atoms with van der Waals surface area (Å²) in [6, 6.07) is 0.917. The van der Waals surface area contributed by atoms with Gasteiger partial charge >= 0.3 is 5.97 Å². The van der Waals surface area contributed by atoms with E-state index in [0.717, 1.165) is 30.0 Å². The quantitative estimate of drug-likeness (QED) is 0.304. The van der Waals surface area contributed by atoms with E-state index in [0.29, 0.717) is 6.61 Å². The number of hydrogen-bond donors (Lipinski definition) is 0. The van der Waals surface area contributed by atoms with Crippen molar-refractivity contribution in [2.24, 2.45) is 0 Å². The number of unbranched alkanes of at least 4 members (excludes halogenated alkanes) is 1. The van der Waals surface area contributed by atoms with Gasteiger partial charge in [0.1, 0.15) is 0 Å². The summed E-state index contributed by atoms with van der Waals surface area (Å²) in [7, 11) is -1.25. The molecule has 0 amide bonds. The molecule has 94 valence electrons. The van der Waals surface area contributed by atoms with Crippen LogP contribution in [0.25, 0.3) is 0 Å². The van der Waals surface area contributed by atoms with Crippen LogP contribution in [0.1, 0.15) is 33.6 Å². The molecule has 0 rings (SSSR count). The predicted octanol–water partition coefficient (Wildman–Crippen LogP) is 4.00. The molecule has 3 heteroatoms. The summed E-state index contributed by atoms with van der Waals surface area (Å²) in [5, 5.41) is 0. The zero-order valence-electron chi connectivity index (χ0n) is 11.6. The van der Waals surface area contributed by atoms with Crippen molar-refractivity contribution < 1.29 is 9.53 Å². The Morgan fingerprint density at radius 2 is 1.75 bits per heavy atom.